The van der Waals surface area contributed by atoms with Gasteiger partial charge in [-0.3, -0.25) is 0 Å². The first-order chi connectivity index (χ1) is 9.42. The van der Waals surface area contributed by atoms with Gasteiger partial charge in [0.05, 0.1) is 11.7 Å². The van der Waals surface area contributed by atoms with Crippen LogP contribution >= 0.6 is 0 Å². The van der Waals surface area contributed by atoms with Crippen LogP contribution in [0.3, 0.4) is 0 Å². The van der Waals surface area contributed by atoms with E-state index in [1.165, 1.54) is 6.42 Å². The van der Waals surface area contributed by atoms with Crippen LogP contribution in [0.1, 0.15) is 58.9 Å². The monoisotopic (exact) mass is 276 g/mol. The first-order valence-electron chi connectivity index (χ1n) is 7.91. The zero-order valence-electron chi connectivity index (χ0n) is 13.2. The SMILES string of the molecule is CC(C)Oc1ccccc1C1(O)CCCC(C(C)C)C1. The number of ether oxygens (including phenoxy) is 1. The highest BCUT2D eigenvalue weighted by Gasteiger charge is 2.38. The second-order valence-electron chi connectivity index (χ2n) is 6.79. The molecule has 2 heteroatoms. The maximum absolute atomic E-state index is 11.2. The highest BCUT2D eigenvalue weighted by atomic mass is 16.5. The highest BCUT2D eigenvalue weighted by Crippen LogP contribution is 2.45. The van der Waals surface area contributed by atoms with Crippen molar-refractivity contribution in [1.29, 1.82) is 0 Å². The first kappa shape index (κ1) is 15.4. The van der Waals surface area contributed by atoms with Crippen LogP contribution in [-0.4, -0.2) is 11.2 Å². The molecule has 1 N–H and O–H groups in total. The molecule has 1 fully saturated rings. The van der Waals surface area contributed by atoms with Crippen LogP contribution in [0.25, 0.3) is 0 Å². The van der Waals surface area contributed by atoms with Gasteiger partial charge in [-0.2, -0.15) is 0 Å². The molecule has 0 heterocycles. The maximum atomic E-state index is 11.2. The fourth-order valence-corrected chi connectivity index (χ4v) is 3.32. The van der Waals surface area contributed by atoms with Gasteiger partial charge < -0.3 is 9.84 Å². The molecule has 0 saturated heterocycles. The van der Waals surface area contributed by atoms with Gasteiger partial charge in [-0.05, 0) is 57.4 Å². The molecule has 0 bridgehead atoms. The van der Waals surface area contributed by atoms with E-state index >= 15 is 0 Å². The summed E-state index contributed by atoms with van der Waals surface area (Å²) in [4.78, 5) is 0. The molecule has 1 saturated carbocycles. The predicted octanol–water partition coefficient (Wildman–Crippen LogP) is 4.51. The van der Waals surface area contributed by atoms with Gasteiger partial charge in [-0.15, -0.1) is 0 Å². The number of benzene rings is 1. The van der Waals surface area contributed by atoms with Gasteiger partial charge in [-0.25, -0.2) is 0 Å². The van der Waals surface area contributed by atoms with Crippen LogP contribution in [0.2, 0.25) is 0 Å². The van der Waals surface area contributed by atoms with Gasteiger partial charge in [0.15, 0.2) is 0 Å². The molecule has 0 aliphatic heterocycles. The lowest BCUT2D eigenvalue weighted by Crippen LogP contribution is -2.35. The molecule has 1 aliphatic carbocycles. The Kier molecular flexibility index (Phi) is 4.74. The molecule has 2 rings (SSSR count). The van der Waals surface area contributed by atoms with Gasteiger partial charge in [-0.1, -0.05) is 32.0 Å². The lowest BCUT2D eigenvalue weighted by atomic mass is 9.71. The zero-order chi connectivity index (χ0) is 14.8. The number of hydrogen-bond acceptors (Lipinski definition) is 2. The summed E-state index contributed by atoms with van der Waals surface area (Å²) in [5, 5.41) is 11.2. The summed E-state index contributed by atoms with van der Waals surface area (Å²) < 4.78 is 5.90. The van der Waals surface area contributed by atoms with Gasteiger partial charge in [0, 0.05) is 5.56 Å². The van der Waals surface area contributed by atoms with Crippen molar-refractivity contribution in [2.45, 2.75) is 65.1 Å². The highest BCUT2D eigenvalue weighted by molar-refractivity contribution is 5.38. The van der Waals surface area contributed by atoms with Crippen LogP contribution < -0.4 is 4.74 Å². The van der Waals surface area contributed by atoms with Gasteiger partial charge in [0.1, 0.15) is 5.75 Å². The van der Waals surface area contributed by atoms with E-state index in [-0.39, 0.29) is 6.10 Å². The molecule has 1 aromatic rings. The summed E-state index contributed by atoms with van der Waals surface area (Å²) >= 11 is 0. The van der Waals surface area contributed by atoms with Crippen molar-refractivity contribution in [1.82, 2.24) is 0 Å². The fraction of sp³-hybridized carbons (Fsp3) is 0.667. The summed E-state index contributed by atoms with van der Waals surface area (Å²) in [7, 11) is 0. The summed E-state index contributed by atoms with van der Waals surface area (Å²) in [6.45, 7) is 8.57. The van der Waals surface area contributed by atoms with E-state index in [1.807, 2.05) is 38.1 Å². The Hall–Kier alpha value is -1.02. The molecule has 0 amide bonds. The Morgan fingerprint density at radius 2 is 1.90 bits per heavy atom. The Bertz CT molecular complexity index is 439. The number of hydrogen-bond donors (Lipinski definition) is 1. The summed E-state index contributed by atoms with van der Waals surface area (Å²) in [5.74, 6) is 2.07. The van der Waals surface area contributed by atoms with E-state index in [4.69, 9.17) is 4.74 Å². The molecule has 20 heavy (non-hydrogen) atoms. The average Bonchev–Trinajstić information content (AvgIpc) is 2.38. The van der Waals surface area contributed by atoms with Crippen molar-refractivity contribution in [3.8, 4) is 5.75 Å². The van der Waals surface area contributed by atoms with Crippen LogP contribution in [0, 0.1) is 11.8 Å². The van der Waals surface area contributed by atoms with Crippen molar-refractivity contribution >= 4 is 0 Å². The van der Waals surface area contributed by atoms with E-state index in [0.29, 0.717) is 11.8 Å². The smallest absolute Gasteiger partial charge is 0.125 e. The number of rotatable bonds is 4. The molecular formula is C18H28O2. The Labute approximate surface area is 123 Å². The van der Waals surface area contributed by atoms with Crippen LogP contribution in [-0.2, 0) is 5.60 Å². The summed E-state index contributed by atoms with van der Waals surface area (Å²) in [6.07, 6.45) is 4.14. The molecule has 112 valence electrons. The number of aliphatic hydroxyl groups is 1. The first-order valence-corrected chi connectivity index (χ1v) is 7.91. The molecular weight excluding hydrogens is 248 g/mol. The van der Waals surface area contributed by atoms with E-state index < -0.39 is 5.60 Å². The summed E-state index contributed by atoms with van der Waals surface area (Å²) in [5.41, 5.74) is 0.248. The minimum Gasteiger partial charge on any atom is -0.491 e. The molecule has 0 radical (unpaired) electrons. The number of para-hydroxylation sites is 1. The van der Waals surface area contributed by atoms with Gasteiger partial charge in [0.25, 0.3) is 0 Å². The Morgan fingerprint density at radius 3 is 2.55 bits per heavy atom. The van der Waals surface area contributed by atoms with E-state index in [0.717, 1.165) is 30.6 Å². The molecule has 2 atom stereocenters. The lowest BCUT2D eigenvalue weighted by molar-refractivity contribution is -0.0318. The van der Waals surface area contributed by atoms with E-state index in [1.54, 1.807) is 0 Å². The van der Waals surface area contributed by atoms with E-state index in [9.17, 15) is 5.11 Å². The minimum atomic E-state index is -0.724. The third-order valence-corrected chi connectivity index (χ3v) is 4.46. The predicted molar refractivity (Wildman–Crippen MR) is 82.9 cm³/mol. The Balaban J connectivity index is 2.29. The van der Waals surface area contributed by atoms with Crippen molar-refractivity contribution in [3.63, 3.8) is 0 Å². The van der Waals surface area contributed by atoms with Crippen molar-refractivity contribution in [2.75, 3.05) is 0 Å². The minimum absolute atomic E-state index is 0.129. The topological polar surface area (TPSA) is 29.5 Å². The van der Waals surface area contributed by atoms with Crippen molar-refractivity contribution < 1.29 is 9.84 Å². The normalized spacial score (nSPS) is 27.1. The van der Waals surface area contributed by atoms with Gasteiger partial charge >= 0.3 is 0 Å². The van der Waals surface area contributed by atoms with Crippen LogP contribution in [0.4, 0.5) is 0 Å². The Morgan fingerprint density at radius 1 is 1.20 bits per heavy atom. The second-order valence-corrected chi connectivity index (χ2v) is 6.79. The van der Waals surface area contributed by atoms with E-state index in [2.05, 4.69) is 13.8 Å². The lowest BCUT2D eigenvalue weighted by Gasteiger charge is -2.39. The van der Waals surface area contributed by atoms with Crippen molar-refractivity contribution in [3.05, 3.63) is 29.8 Å². The molecule has 2 unspecified atom stereocenters. The molecule has 1 aromatic carbocycles. The molecule has 2 nitrogen and oxygen atoms in total. The van der Waals surface area contributed by atoms with Crippen molar-refractivity contribution in [2.24, 2.45) is 11.8 Å². The fourth-order valence-electron chi connectivity index (χ4n) is 3.32. The molecule has 0 spiro atoms. The standard InChI is InChI=1S/C18H28O2/c1-13(2)15-8-7-11-18(19,12-15)16-9-5-6-10-17(16)20-14(3)4/h5-6,9-10,13-15,19H,7-8,11-12H2,1-4H3. The molecule has 1 aliphatic rings. The largest absolute Gasteiger partial charge is 0.491 e. The van der Waals surface area contributed by atoms with Crippen LogP contribution in [0.5, 0.6) is 5.75 Å². The summed E-state index contributed by atoms with van der Waals surface area (Å²) in [6, 6.07) is 7.99. The van der Waals surface area contributed by atoms with Gasteiger partial charge in [0.2, 0.25) is 0 Å². The molecule has 0 aromatic heterocycles. The third kappa shape index (κ3) is 3.35. The average molecular weight is 276 g/mol. The maximum Gasteiger partial charge on any atom is 0.125 e. The second kappa shape index (κ2) is 6.17. The third-order valence-electron chi connectivity index (χ3n) is 4.46. The quantitative estimate of drug-likeness (QED) is 0.877. The van der Waals surface area contributed by atoms with Crippen LogP contribution in [0.15, 0.2) is 24.3 Å². The zero-order valence-corrected chi connectivity index (χ0v) is 13.2.